The Balaban J connectivity index is 2.22. The minimum Gasteiger partial charge on any atom is -0.303 e. The van der Waals surface area contributed by atoms with E-state index in [1.165, 1.54) is 5.39 Å². The smallest absolute Gasteiger partial charge is 0.0841 e. The van der Waals surface area contributed by atoms with E-state index in [9.17, 15) is 0 Å². The number of para-hydroxylation sites is 1. The number of fused-ring (bicyclic) bond motifs is 1. The molecule has 0 aliphatic heterocycles. The van der Waals surface area contributed by atoms with Gasteiger partial charge in [0.1, 0.15) is 0 Å². The molecule has 0 spiro atoms. The van der Waals surface area contributed by atoms with Crippen LogP contribution >= 0.6 is 23.2 Å². The topological polar surface area (TPSA) is 29.9 Å². The van der Waals surface area contributed by atoms with Crippen molar-refractivity contribution in [3.63, 3.8) is 0 Å². The fourth-order valence-corrected chi connectivity index (χ4v) is 2.32. The number of nitrogens with one attached hydrogen (secondary N) is 1. The second-order valence-corrected chi connectivity index (χ2v) is 5.30. The highest BCUT2D eigenvalue weighted by Gasteiger charge is 2.22. The number of aryl methyl sites for hydroxylation is 1. The Morgan fingerprint density at radius 2 is 1.94 bits per heavy atom. The van der Waals surface area contributed by atoms with Gasteiger partial charge in [-0.1, -0.05) is 18.2 Å². The molecule has 0 unspecified atom stereocenters. The summed E-state index contributed by atoms with van der Waals surface area (Å²) in [5.74, 6) is 0.947. The summed E-state index contributed by atoms with van der Waals surface area (Å²) in [5.41, 5.74) is 1.89. The minimum atomic E-state index is -0.262. The van der Waals surface area contributed by atoms with Crippen LogP contribution in [0.1, 0.15) is 12.6 Å². The third-order valence-corrected chi connectivity index (χ3v) is 4.29. The highest BCUT2D eigenvalue weighted by Crippen LogP contribution is 2.18. The van der Waals surface area contributed by atoms with E-state index in [2.05, 4.69) is 22.5 Å². The van der Waals surface area contributed by atoms with Gasteiger partial charge in [0.2, 0.25) is 0 Å². The van der Waals surface area contributed by atoms with Crippen molar-refractivity contribution in [2.75, 3.05) is 11.8 Å². The van der Waals surface area contributed by atoms with Crippen molar-refractivity contribution in [2.45, 2.75) is 19.0 Å². The van der Waals surface area contributed by atoms with Gasteiger partial charge in [0.25, 0.3) is 0 Å². The summed E-state index contributed by atoms with van der Waals surface area (Å²) in [4.78, 5) is 0. The second-order valence-electron chi connectivity index (χ2n) is 4.77. The van der Waals surface area contributed by atoms with Gasteiger partial charge >= 0.3 is 0 Å². The van der Waals surface area contributed by atoms with Crippen LogP contribution in [0.5, 0.6) is 0 Å². The quantitative estimate of drug-likeness (QED) is 0.856. The van der Waals surface area contributed by atoms with E-state index >= 15 is 0 Å². The van der Waals surface area contributed by atoms with Crippen LogP contribution in [0.25, 0.3) is 10.9 Å². The first-order valence-corrected chi connectivity index (χ1v) is 6.94. The van der Waals surface area contributed by atoms with Crippen LogP contribution in [0.3, 0.4) is 0 Å². The van der Waals surface area contributed by atoms with Gasteiger partial charge in [-0.15, -0.1) is 23.2 Å². The Hall–Kier alpha value is -0.770. The Labute approximate surface area is 117 Å². The summed E-state index contributed by atoms with van der Waals surface area (Å²) in [6, 6.07) is 8.19. The minimum absolute atomic E-state index is 0.262. The van der Waals surface area contributed by atoms with Gasteiger partial charge in [-0.05, 0) is 13.0 Å². The van der Waals surface area contributed by atoms with Crippen molar-refractivity contribution in [2.24, 2.45) is 7.05 Å². The second kappa shape index (κ2) is 5.47. The van der Waals surface area contributed by atoms with Gasteiger partial charge in [-0.2, -0.15) is 5.10 Å². The van der Waals surface area contributed by atoms with Crippen molar-refractivity contribution < 1.29 is 0 Å². The maximum absolute atomic E-state index is 5.93. The van der Waals surface area contributed by atoms with E-state index in [-0.39, 0.29) is 5.54 Å². The fraction of sp³-hybridized carbons (Fsp3) is 0.462. The number of hydrogen-bond acceptors (Lipinski definition) is 2. The van der Waals surface area contributed by atoms with Crippen LogP contribution in [-0.4, -0.2) is 27.1 Å². The predicted molar refractivity (Wildman–Crippen MR) is 77.4 cm³/mol. The zero-order valence-corrected chi connectivity index (χ0v) is 12.1. The molecule has 1 aromatic carbocycles. The average Bonchev–Trinajstić information content (AvgIpc) is 2.74. The van der Waals surface area contributed by atoms with E-state index in [4.69, 9.17) is 23.2 Å². The SMILES string of the molecule is Cn1nc(CNC(C)(CCl)CCl)c2ccccc21. The zero-order valence-electron chi connectivity index (χ0n) is 10.6. The number of alkyl halides is 2. The molecule has 2 aromatic rings. The highest BCUT2D eigenvalue weighted by atomic mass is 35.5. The molecule has 0 aliphatic carbocycles. The number of benzene rings is 1. The van der Waals surface area contributed by atoms with Crippen LogP contribution in [-0.2, 0) is 13.6 Å². The lowest BCUT2D eigenvalue weighted by atomic mass is 10.1. The molecule has 1 heterocycles. The van der Waals surface area contributed by atoms with Gasteiger partial charge in [0.05, 0.1) is 11.2 Å². The molecule has 2 rings (SSSR count). The van der Waals surface area contributed by atoms with Crippen molar-refractivity contribution in [1.82, 2.24) is 15.1 Å². The zero-order chi connectivity index (χ0) is 13.2. The van der Waals surface area contributed by atoms with Crippen LogP contribution in [0, 0.1) is 0 Å². The van der Waals surface area contributed by atoms with Gasteiger partial charge in [0, 0.05) is 36.3 Å². The molecule has 1 aromatic heterocycles. The van der Waals surface area contributed by atoms with E-state index in [0.717, 1.165) is 11.2 Å². The van der Waals surface area contributed by atoms with Crippen molar-refractivity contribution in [3.05, 3.63) is 30.0 Å². The Morgan fingerprint density at radius 3 is 2.61 bits per heavy atom. The molecule has 18 heavy (non-hydrogen) atoms. The highest BCUT2D eigenvalue weighted by molar-refractivity contribution is 6.22. The van der Waals surface area contributed by atoms with Crippen LogP contribution in [0.15, 0.2) is 24.3 Å². The lowest BCUT2D eigenvalue weighted by molar-refractivity contribution is 0.431. The average molecular weight is 286 g/mol. The predicted octanol–water partition coefficient (Wildman–Crippen LogP) is 2.90. The first kappa shape index (κ1) is 13.7. The van der Waals surface area contributed by atoms with Gasteiger partial charge in [0.15, 0.2) is 0 Å². The largest absolute Gasteiger partial charge is 0.303 e. The van der Waals surface area contributed by atoms with E-state index in [1.54, 1.807) is 0 Å². The summed E-state index contributed by atoms with van der Waals surface area (Å²) in [6.45, 7) is 2.68. The first-order valence-electron chi connectivity index (χ1n) is 5.87. The maximum atomic E-state index is 5.93. The third kappa shape index (κ3) is 2.63. The molecule has 0 aliphatic rings. The Kier molecular flexibility index (Phi) is 4.15. The molecule has 5 heteroatoms. The number of rotatable bonds is 5. The summed E-state index contributed by atoms with van der Waals surface area (Å²) in [6.07, 6.45) is 0. The molecule has 3 nitrogen and oxygen atoms in total. The molecular formula is C13H17Cl2N3. The maximum Gasteiger partial charge on any atom is 0.0841 e. The number of aromatic nitrogens is 2. The molecule has 98 valence electrons. The van der Waals surface area contributed by atoms with Crippen LogP contribution in [0.2, 0.25) is 0 Å². The third-order valence-electron chi connectivity index (χ3n) is 3.11. The fourth-order valence-electron chi connectivity index (χ4n) is 1.85. The molecular weight excluding hydrogens is 269 g/mol. The Bertz CT molecular complexity index is 532. The molecule has 0 radical (unpaired) electrons. The molecule has 0 saturated heterocycles. The molecule has 0 fully saturated rings. The monoisotopic (exact) mass is 285 g/mol. The van der Waals surface area contributed by atoms with Gasteiger partial charge in [-0.25, -0.2) is 0 Å². The summed E-state index contributed by atoms with van der Waals surface area (Å²) in [7, 11) is 1.95. The van der Waals surface area contributed by atoms with Gasteiger partial charge in [-0.3, -0.25) is 4.68 Å². The first-order chi connectivity index (χ1) is 8.59. The lowest BCUT2D eigenvalue weighted by Gasteiger charge is -2.25. The van der Waals surface area contributed by atoms with Gasteiger partial charge < -0.3 is 5.32 Å². The summed E-state index contributed by atoms with van der Waals surface area (Å²) < 4.78 is 1.89. The molecule has 0 bridgehead atoms. The standard InChI is InChI=1S/C13H17Cl2N3/c1-13(8-14,9-15)16-7-11-10-5-3-4-6-12(10)18(2)17-11/h3-6,16H,7-9H2,1-2H3. The summed E-state index contributed by atoms with van der Waals surface area (Å²) in [5, 5.41) is 9.07. The van der Waals surface area contributed by atoms with Crippen LogP contribution in [0.4, 0.5) is 0 Å². The van der Waals surface area contributed by atoms with Crippen molar-refractivity contribution in [3.8, 4) is 0 Å². The number of halogens is 2. The normalized spacial score (nSPS) is 12.2. The lowest BCUT2D eigenvalue weighted by Crippen LogP contribution is -2.45. The summed E-state index contributed by atoms with van der Waals surface area (Å²) >= 11 is 11.9. The molecule has 1 N–H and O–H groups in total. The van der Waals surface area contributed by atoms with Crippen molar-refractivity contribution in [1.29, 1.82) is 0 Å². The Morgan fingerprint density at radius 1 is 1.28 bits per heavy atom. The molecule has 0 amide bonds. The van der Waals surface area contributed by atoms with Crippen molar-refractivity contribution >= 4 is 34.1 Å². The number of nitrogens with zero attached hydrogens (tertiary/aromatic N) is 2. The molecule has 0 atom stereocenters. The van der Waals surface area contributed by atoms with E-state index in [0.29, 0.717) is 18.3 Å². The van der Waals surface area contributed by atoms with Crippen LogP contribution < -0.4 is 5.32 Å². The molecule has 0 saturated carbocycles. The van der Waals surface area contributed by atoms with E-state index in [1.807, 2.05) is 30.8 Å². The van der Waals surface area contributed by atoms with E-state index < -0.39 is 0 Å². The number of hydrogen-bond donors (Lipinski definition) is 1.